The van der Waals surface area contributed by atoms with Gasteiger partial charge in [-0.3, -0.25) is 9.78 Å². The van der Waals surface area contributed by atoms with Crippen molar-refractivity contribution in [2.24, 2.45) is 0 Å². The van der Waals surface area contributed by atoms with Gasteiger partial charge >= 0.3 is 0 Å². The van der Waals surface area contributed by atoms with E-state index in [1.54, 1.807) is 6.20 Å². The van der Waals surface area contributed by atoms with Crippen LogP contribution in [0, 0.1) is 6.92 Å². The number of benzene rings is 1. The van der Waals surface area contributed by atoms with Gasteiger partial charge < -0.3 is 14.4 Å². The molecule has 2 saturated heterocycles. The van der Waals surface area contributed by atoms with Crippen LogP contribution in [0.4, 0.5) is 0 Å². The number of aromatic nitrogens is 1. The monoisotopic (exact) mass is 324 g/mol. The minimum Gasteiger partial charge on any atom is -0.347 e. The van der Waals surface area contributed by atoms with Gasteiger partial charge in [0.15, 0.2) is 0 Å². The number of piperidine rings is 1. The number of nitrogens with zero attached hydrogens (tertiary/aromatic N) is 2. The molecule has 2 atom stereocenters. The van der Waals surface area contributed by atoms with E-state index in [1.165, 1.54) is 0 Å². The van der Waals surface area contributed by atoms with Crippen molar-refractivity contribution in [3.8, 4) is 0 Å². The lowest BCUT2D eigenvalue weighted by Gasteiger charge is -2.41. The number of carbonyl (C=O) groups excluding carboxylic acids is 1. The minimum atomic E-state index is -0.536. The summed E-state index contributed by atoms with van der Waals surface area (Å²) in [5, 5.41) is 0. The largest absolute Gasteiger partial charge is 0.347 e. The van der Waals surface area contributed by atoms with Crippen molar-refractivity contribution in [2.75, 3.05) is 19.9 Å². The SMILES string of the molecule is Cc1ccc(C(=O)N2CCC3(c4ccccn4)OCOC3C2)cc1. The fourth-order valence-electron chi connectivity index (χ4n) is 3.52. The average Bonchev–Trinajstić information content (AvgIpc) is 3.07. The second-order valence-electron chi connectivity index (χ2n) is 6.39. The molecule has 0 N–H and O–H groups in total. The highest BCUT2D eigenvalue weighted by atomic mass is 16.7. The maximum atomic E-state index is 12.8. The van der Waals surface area contributed by atoms with E-state index in [9.17, 15) is 4.79 Å². The molecule has 3 heterocycles. The van der Waals surface area contributed by atoms with Gasteiger partial charge in [0.1, 0.15) is 18.5 Å². The Hall–Kier alpha value is -2.24. The topological polar surface area (TPSA) is 51.7 Å². The zero-order valence-corrected chi connectivity index (χ0v) is 13.6. The molecule has 24 heavy (non-hydrogen) atoms. The number of hydrogen-bond donors (Lipinski definition) is 0. The van der Waals surface area contributed by atoms with Crippen LogP contribution in [0.25, 0.3) is 0 Å². The first-order valence-electron chi connectivity index (χ1n) is 8.22. The lowest BCUT2D eigenvalue weighted by Crippen LogP contribution is -2.53. The van der Waals surface area contributed by atoms with Gasteiger partial charge in [0.05, 0.1) is 12.2 Å². The number of fused-ring (bicyclic) bond motifs is 1. The highest BCUT2D eigenvalue weighted by Crippen LogP contribution is 2.41. The molecule has 1 aromatic carbocycles. The molecule has 2 fully saturated rings. The molecule has 124 valence electrons. The molecule has 5 nitrogen and oxygen atoms in total. The zero-order chi connectivity index (χ0) is 16.6. The Morgan fingerprint density at radius 1 is 1.25 bits per heavy atom. The lowest BCUT2D eigenvalue weighted by atomic mass is 9.85. The van der Waals surface area contributed by atoms with Gasteiger partial charge in [-0.25, -0.2) is 0 Å². The Kier molecular flexibility index (Phi) is 3.82. The Morgan fingerprint density at radius 2 is 2.08 bits per heavy atom. The second kappa shape index (κ2) is 6.00. The van der Waals surface area contributed by atoms with Crippen LogP contribution in [-0.2, 0) is 15.1 Å². The highest BCUT2D eigenvalue weighted by Gasteiger charge is 2.52. The fraction of sp³-hybridized carbons (Fsp3) is 0.368. The first kappa shape index (κ1) is 15.3. The molecule has 1 amide bonds. The summed E-state index contributed by atoms with van der Waals surface area (Å²) in [5.41, 5.74) is 2.21. The van der Waals surface area contributed by atoms with Crippen LogP contribution < -0.4 is 0 Å². The van der Waals surface area contributed by atoms with Crippen LogP contribution >= 0.6 is 0 Å². The highest BCUT2D eigenvalue weighted by molar-refractivity contribution is 5.94. The molecule has 5 heteroatoms. The van der Waals surface area contributed by atoms with E-state index in [4.69, 9.17) is 9.47 Å². The van der Waals surface area contributed by atoms with E-state index in [1.807, 2.05) is 54.3 Å². The zero-order valence-electron chi connectivity index (χ0n) is 13.6. The summed E-state index contributed by atoms with van der Waals surface area (Å²) in [5.74, 6) is 0.0418. The van der Waals surface area contributed by atoms with Crippen molar-refractivity contribution in [1.29, 1.82) is 0 Å². The normalized spacial score (nSPS) is 26.2. The van der Waals surface area contributed by atoms with Gasteiger partial charge in [-0.2, -0.15) is 0 Å². The Balaban J connectivity index is 1.56. The van der Waals surface area contributed by atoms with Gasteiger partial charge in [0.25, 0.3) is 5.91 Å². The lowest BCUT2D eigenvalue weighted by molar-refractivity contribution is -0.0470. The first-order valence-corrected chi connectivity index (χ1v) is 8.22. The van der Waals surface area contributed by atoms with Crippen LogP contribution in [0.15, 0.2) is 48.7 Å². The van der Waals surface area contributed by atoms with E-state index in [2.05, 4.69) is 4.98 Å². The molecule has 2 aromatic rings. The van der Waals surface area contributed by atoms with Crippen LogP contribution in [-0.4, -0.2) is 41.8 Å². The van der Waals surface area contributed by atoms with Crippen LogP contribution in [0.3, 0.4) is 0 Å². The van der Waals surface area contributed by atoms with Crippen LogP contribution in [0.5, 0.6) is 0 Å². The van der Waals surface area contributed by atoms with Gasteiger partial charge in [0, 0.05) is 24.7 Å². The number of hydrogen-bond acceptors (Lipinski definition) is 4. The number of ether oxygens (including phenoxy) is 2. The fourth-order valence-corrected chi connectivity index (χ4v) is 3.52. The number of rotatable bonds is 2. The Morgan fingerprint density at radius 3 is 2.83 bits per heavy atom. The van der Waals surface area contributed by atoms with Crippen molar-refractivity contribution in [2.45, 2.75) is 25.0 Å². The smallest absolute Gasteiger partial charge is 0.253 e. The predicted octanol–water partition coefficient (Wildman–Crippen LogP) is 2.50. The summed E-state index contributed by atoms with van der Waals surface area (Å²) < 4.78 is 11.8. The average molecular weight is 324 g/mol. The summed E-state index contributed by atoms with van der Waals surface area (Å²) >= 11 is 0. The van der Waals surface area contributed by atoms with Crippen molar-refractivity contribution in [3.05, 3.63) is 65.5 Å². The van der Waals surface area contributed by atoms with Crippen molar-refractivity contribution >= 4 is 5.91 Å². The molecule has 0 bridgehead atoms. The van der Waals surface area contributed by atoms with Crippen molar-refractivity contribution in [1.82, 2.24) is 9.88 Å². The number of likely N-dealkylation sites (tertiary alicyclic amines) is 1. The molecule has 0 aliphatic carbocycles. The number of amides is 1. The third-order valence-corrected chi connectivity index (χ3v) is 4.93. The maximum absolute atomic E-state index is 12.8. The number of aryl methyl sites for hydroxylation is 1. The summed E-state index contributed by atoms with van der Waals surface area (Å²) in [6.07, 6.45) is 2.27. The standard InChI is InChI=1S/C19H20N2O3/c1-14-5-7-15(8-6-14)18(22)21-11-9-19(16-4-2-3-10-20-16)17(12-21)23-13-24-19/h2-8,10,17H,9,11-13H2,1H3. The molecule has 4 rings (SSSR count). The third-order valence-electron chi connectivity index (χ3n) is 4.93. The molecule has 2 unspecified atom stereocenters. The molecule has 0 spiro atoms. The van der Waals surface area contributed by atoms with Crippen molar-refractivity contribution in [3.63, 3.8) is 0 Å². The van der Waals surface area contributed by atoms with Gasteiger partial charge in [0.2, 0.25) is 0 Å². The Bertz CT molecular complexity index is 732. The molecular formula is C19H20N2O3. The van der Waals surface area contributed by atoms with Gasteiger partial charge in [-0.15, -0.1) is 0 Å². The van der Waals surface area contributed by atoms with Crippen molar-refractivity contribution < 1.29 is 14.3 Å². The predicted molar refractivity (Wildman–Crippen MR) is 88.4 cm³/mol. The molecule has 0 radical (unpaired) electrons. The number of carbonyl (C=O) groups is 1. The van der Waals surface area contributed by atoms with E-state index >= 15 is 0 Å². The van der Waals surface area contributed by atoms with Crippen LogP contribution in [0.2, 0.25) is 0 Å². The molecule has 0 saturated carbocycles. The van der Waals surface area contributed by atoms with Crippen LogP contribution in [0.1, 0.15) is 28.0 Å². The van der Waals surface area contributed by atoms with E-state index < -0.39 is 5.60 Å². The molecular weight excluding hydrogens is 304 g/mol. The van der Waals surface area contributed by atoms with E-state index in [0.29, 0.717) is 25.1 Å². The summed E-state index contributed by atoms with van der Waals surface area (Å²) in [6.45, 7) is 3.40. The maximum Gasteiger partial charge on any atom is 0.253 e. The summed E-state index contributed by atoms with van der Waals surface area (Å²) in [4.78, 5) is 19.1. The minimum absolute atomic E-state index is 0.0418. The molecule has 2 aliphatic heterocycles. The number of pyridine rings is 1. The van der Waals surface area contributed by atoms with Gasteiger partial charge in [-0.05, 0) is 31.2 Å². The molecule has 1 aromatic heterocycles. The first-order chi connectivity index (χ1) is 11.7. The van der Waals surface area contributed by atoms with Gasteiger partial charge in [-0.1, -0.05) is 23.8 Å². The summed E-state index contributed by atoms with van der Waals surface area (Å²) in [6, 6.07) is 13.5. The Labute approximate surface area is 141 Å². The summed E-state index contributed by atoms with van der Waals surface area (Å²) in [7, 11) is 0. The quantitative estimate of drug-likeness (QED) is 0.852. The second-order valence-corrected chi connectivity index (χ2v) is 6.39. The van der Waals surface area contributed by atoms with E-state index in [-0.39, 0.29) is 18.8 Å². The molecule has 2 aliphatic rings. The van der Waals surface area contributed by atoms with E-state index in [0.717, 1.165) is 11.3 Å². The third kappa shape index (κ3) is 2.50.